The van der Waals surface area contributed by atoms with Crippen molar-refractivity contribution >= 4 is 22.5 Å². The van der Waals surface area contributed by atoms with E-state index in [9.17, 15) is 0 Å². The summed E-state index contributed by atoms with van der Waals surface area (Å²) in [5, 5.41) is 0. The summed E-state index contributed by atoms with van der Waals surface area (Å²) in [6.07, 6.45) is 5.46. The second kappa shape index (κ2) is 14.5. The molecule has 1 heterocycles. The Labute approximate surface area is 373 Å². The average molecular weight is 820 g/mol. The minimum absolute atomic E-state index is 0.0607. The van der Waals surface area contributed by atoms with Crippen LogP contribution in [0.5, 0.6) is 23.0 Å². The van der Waals surface area contributed by atoms with Gasteiger partial charge in [-0.1, -0.05) is 194 Å². The lowest BCUT2D eigenvalue weighted by Gasteiger charge is -2.37. The number of anilines is 2. The largest absolute Gasteiger partial charge is 0.449 e. The number of benzene rings is 9. The van der Waals surface area contributed by atoms with Crippen LogP contribution in [0.1, 0.15) is 39.8 Å². The van der Waals surface area contributed by atoms with Crippen LogP contribution in [0.25, 0.3) is 44.5 Å². The number of ether oxygens (including phenoxy) is 2. The van der Waals surface area contributed by atoms with Crippen LogP contribution in [0.3, 0.4) is 0 Å². The first kappa shape index (κ1) is 36.5. The Morgan fingerprint density at radius 2 is 0.953 bits per heavy atom. The molecule has 1 aliphatic heterocycles. The molecule has 1 spiro atoms. The third-order valence-electron chi connectivity index (χ3n) is 13.7. The molecular weight excluding hydrogens is 779 g/mol. The number of hydrogen-bond acceptors (Lipinski definition) is 3. The molecule has 302 valence electrons. The van der Waals surface area contributed by atoms with E-state index in [0.717, 1.165) is 23.4 Å². The number of fused-ring (bicyclic) bond motifs is 12. The van der Waals surface area contributed by atoms with Crippen LogP contribution < -0.4 is 14.4 Å². The summed E-state index contributed by atoms with van der Waals surface area (Å²) in [7, 11) is 0. The van der Waals surface area contributed by atoms with Crippen LogP contribution in [-0.4, -0.2) is 6.04 Å². The summed E-state index contributed by atoms with van der Waals surface area (Å²) in [4.78, 5) is 2.45. The number of hydrogen-bond donors (Lipinski definition) is 0. The van der Waals surface area contributed by atoms with Gasteiger partial charge in [0.25, 0.3) is 0 Å². The number of allylic oxidation sites excluding steroid dienone is 2. The van der Waals surface area contributed by atoms with E-state index >= 15 is 0 Å². The van der Waals surface area contributed by atoms with Gasteiger partial charge in [-0.25, -0.2) is 0 Å². The normalized spacial score (nSPS) is 15.5. The molecule has 3 nitrogen and oxygen atoms in total. The quantitative estimate of drug-likeness (QED) is 0.167. The summed E-state index contributed by atoms with van der Waals surface area (Å²) in [5.74, 6) is 2.81. The molecule has 3 heteroatoms. The maximum absolute atomic E-state index is 7.32. The molecule has 0 bridgehead atoms. The van der Waals surface area contributed by atoms with Gasteiger partial charge in [0.15, 0.2) is 23.0 Å². The van der Waals surface area contributed by atoms with Crippen molar-refractivity contribution in [3.05, 3.63) is 264 Å². The first-order chi connectivity index (χ1) is 31.7. The molecule has 0 amide bonds. The van der Waals surface area contributed by atoms with E-state index in [0.29, 0.717) is 23.0 Å². The predicted octanol–water partition coefficient (Wildman–Crippen LogP) is 15.7. The second-order valence-electron chi connectivity index (χ2n) is 17.1. The van der Waals surface area contributed by atoms with Crippen molar-refractivity contribution in [3.8, 4) is 56.4 Å². The lowest BCUT2D eigenvalue weighted by molar-refractivity contribution is 0.359. The molecular formula is C61H41NO2. The third kappa shape index (κ3) is 5.47. The van der Waals surface area contributed by atoms with E-state index in [4.69, 9.17) is 9.47 Å². The molecule has 0 saturated carbocycles. The van der Waals surface area contributed by atoms with Crippen molar-refractivity contribution in [2.75, 3.05) is 4.90 Å². The van der Waals surface area contributed by atoms with Crippen LogP contribution >= 0.6 is 0 Å². The van der Waals surface area contributed by atoms with Crippen molar-refractivity contribution in [2.45, 2.75) is 17.9 Å². The standard InChI is InChI=1S/C61H41NO2/c1-4-18-40(19-5-1)43-24-16-25-44(36-43)62(45-34-35-46(41-20-6-2-7-21-41)50(37-45)42-22-8-3-9-23-42)56-32-17-33-57-60(56)64-59-39-55-51(38-58(59)63-57)49-28-12-15-31-54(49)61(55)52-29-13-10-26-47(52)48-27-11-14-30-53(48)61/h1-36,38-39,45H,37H2. The number of rotatable bonds is 6. The minimum Gasteiger partial charge on any atom is -0.449 e. The van der Waals surface area contributed by atoms with Crippen LogP contribution in [0.15, 0.2) is 231 Å². The van der Waals surface area contributed by atoms with E-state index < -0.39 is 5.41 Å². The summed E-state index contributed by atoms with van der Waals surface area (Å²) >= 11 is 0. The lowest BCUT2D eigenvalue weighted by Crippen LogP contribution is -2.31. The lowest BCUT2D eigenvalue weighted by atomic mass is 9.70. The zero-order chi connectivity index (χ0) is 42.2. The Morgan fingerprint density at radius 1 is 0.406 bits per heavy atom. The SMILES string of the molecule is C1=CC(N(c2cccc(-c3ccccc3)c2)c2cccc3c2Oc2cc4c(cc2O3)-c2ccccc2C42c3ccccc3-c3ccccc32)CC(c2ccccc2)=C1c1ccccc1. The molecule has 1 unspecified atom stereocenters. The monoisotopic (exact) mass is 819 g/mol. The molecule has 0 fully saturated rings. The highest BCUT2D eigenvalue weighted by Gasteiger charge is 2.52. The van der Waals surface area contributed by atoms with Crippen LogP contribution in [0.2, 0.25) is 0 Å². The summed E-state index contributed by atoms with van der Waals surface area (Å²) in [6.45, 7) is 0. The van der Waals surface area contributed by atoms with Gasteiger partial charge in [-0.15, -0.1) is 0 Å². The molecule has 0 N–H and O–H groups in total. The molecule has 1 atom stereocenters. The summed E-state index contributed by atoms with van der Waals surface area (Å²) in [5.41, 5.74) is 18.8. The first-order valence-electron chi connectivity index (χ1n) is 22.2. The highest BCUT2D eigenvalue weighted by atomic mass is 16.6. The fraction of sp³-hybridized carbons (Fsp3) is 0.0492. The molecule has 64 heavy (non-hydrogen) atoms. The fourth-order valence-corrected chi connectivity index (χ4v) is 11.0. The van der Waals surface area contributed by atoms with Gasteiger partial charge in [-0.05, 0) is 121 Å². The maximum atomic E-state index is 7.32. The number of nitrogens with zero attached hydrogens (tertiary/aromatic N) is 1. The van der Waals surface area contributed by atoms with E-state index in [-0.39, 0.29) is 6.04 Å². The predicted molar refractivity (Wildman–Crippen MR) is 261 cm³/mol. The molecule has 0 aromatic heterocycles. The van der Waals surface area contributed by atoms with Gasteiger partial charge < -0.3 is 14.4 Å². The average Bonchev–Trinajstić information content (AvgIpc) is 3.83. The minimum atomic E-state index is -0.495. The molecule has 0 saturated heterocycles. The molecule has 9 aromatic carbocycles. The highest BCUT2D eigenvalue weighted by molar-refractivity contribution is 5.98. The second-order valence-corrected chi connectivity index (χ2v) is 17.1. The number of para-hydroxylation sites is 1. The Bertz CT molecular complexity index is 3320. The van der Waals surface area contributed by atoms with Gasteiger partial charge >= 0.3 is 0 Å². The topological polar surface area (TPSA) is 21.7 Å². The Kier molecular flexibility index (Phi) is 8.26. The Balaban J connectivity index is 0.978. The van der Waals surface area contributed by atoms with Crippen molar-refractivity contribution in [1.82, 2.24) is 0 Å². The van der Waals surface area contributed by atoms with Crippen LogP contribution in [0.4, 0.5) is 11.4 Å². The fourth-order valence-electron chi connectivity index (χ4n) is 11.0. The smallest absolute Gasteiger partial charge is 0.193 e. The highest BCUT2D eigenvalue weighted by Crippen LogP contribution is 2.65. The first-order valence-corrected chi connectivity index (χ1v) is 22.2. The molecule has 3 aliphatic carbocycles. The van der Waals surface area contributed by atoms with Gasteiger partial charge in [0.1, 0.15) is 0 Å². The van der Waals surface area contributed by atoms with Crippen molar-refractivity contribution in [2.24, 2.45) is 0 Å². The van der Waals surface area contributed by atoms with Gasteiger partial charge in [-0.2, -0.15) is 0 Å². The van der Waals surface area contributed by atoms with Crippen LogP contribution in [0, 0.1) is 0 Å². The van der Waals surface area contributed by atoms with Gasteiger partial charge in [-0.3, -0.25) is 0 Å². The molecule has 0 radical (unpaired) electrons. The van der Waals surface area contributed by atoms with Gasteiger partial charge in [0.05, 0.1) is 17.1 Å². The Morgan fingerprint density at radius 3 is 1.62 bits per heavy atom. The van der Waals surface area contributed by atoms with E-state index in [2.05, 4.69) is 229 Å². The van der Waals surface area contributed by atoms with Crippen molar-refractivity contribution in [1.29, 1.82) is 0 Å². The van der Waals surface area contributed by atoms with Crippen molar-refractivity contribution < 1.29 is 9.47 Å². The summed E-state index contributed by atoms with van der Waals surface area (Å²) in [6, 6.07) is 78.5. The third-order valence-corrected chi connectivity index (χ3v) is 13.7. The van der Waals surface area contributed by atoms with Crippen molar-refractivity contribution in [3.63, 3.8) is 0 Å². The molecule has 9 aromatic rings. The zero-order valence-electron chi connectivity index (χ0n) is 35.0. The molecule has 13 rings (SSSR count). The Hall–Kier alpha value is -8.14. The van der Waals surface area contributed by atoms with E-state index in [1.165, 1.54) is 72.3 Å². The van der Waals surface area contributed by atoms with E-state index in [1.807, 2.05) is 6.07 Å². The van der Waals surface area contributed by atoms with E-state index in [1.54, 1.807) is 0 Å². The molecule has 4 aliphatic rings. The van der Waals surface area contributed by atoms with Crippen LogP contribution in [-0.2, 0) is 5.41 Å². The van der Waals surface area contributed by atoms with Gasteiger partial charge in [0.2, 0.25) is 0 Å². The summed E-state index contributed by atoms with van der Waals surface area (Å²) < 4.78 is 14.3. The zero-order valence-corrected chi connectivity index (χ0v) is 35.0. The maximum Gasteiger partial charge on any atom is 0.193 e. The van der Waals surface area contributed by atoms with Gasteiger partial charge in [0, 0.05) is 5.69 Å².